The van der Waals surface area contributed by atoms with Gasteiger partial charge in [0, 0.05) is 30.3 Å². The highest BCUT2D eigenvalue weighted by Gasteiger charge is 2.17. The van der Waals surface area contributed by atoms with Gasteiger partial charge in [0.15, 0.2) is 11.5 Å². The number of ether oxygens (including phenoxy) is 2. The molecule has 0 unspecified atom stereocenters. The van der Waals surface area contributed by atoms with E-state index in [1.807, 2.05) is 41.6 Å². The molecule has 0 saturated heterocycles. The highest BCUT2D eigenvalue weighted by molar-refractivity contribution is 7.12. The normalized spacial score (nSPS) is 10.7. The molecule has 2 heterocycles. The van der Waals surface area contributed by atoms with E-state index in [1.165, 1.54) is 24.5 Å². The molecule has 0 aliphatic carbocycles. The van der Waals surface area contributed by atoms with Gasteiger partial charge in [-0.2, -0.15) is 0 Å². The van der Waals surface area contributed by atoms with Gasteiger partial charge in [-0.3, -0.25) is 0 Å². The number of nitrogens with zero attached hydrogens (tertiary/aromatic N) is 1. The van der Waals surface area contributed by atoms with Crippen molar-refractivity contribution in [1.29, 1.82) is 0 Å². The van der Waals surface area contributed by atoms with Crippen molar-refractivity contribution in [3.63, 3.8) is 0 Å². The quantitative estimate of drug-likeness (QED) is 0.268. The number of fused-ring (bicyclic) bond motifs is 1. The molecular formula is C22H17NO5S. The lowest BCUT2D eigenvalue weighted by Crippen LogP contribution is -2.14. The summed E-state index contributed by atoms with van der Waals surface area (Å²) in [4.78, 5) is 26.7. The Morgan fingerprint density at radius 3 is 2.62 bits per heavy atom. The van der Waals surface area contributed by atoms with Gasteiger partial charge in [-0.05, 0) is 35.7 Å². The summed E-state index contributed by atoms with van der Waals surface area (Å²) in [5.41, 5.74) is 1.45. The molecule has 0 aliphatic rings. The Bertz CT molecular complexity index is 1230. The Hall–Kier alpha value is -3.58. The van der Waals surface area contributed by atoms with Crippen LogP contribution in [0.25, 0.3) is 11.0 Å². The van der Waals surface area contributed by atoms with Gasteiger partial charge in [-0.25, -0.2) is 9.59 Å². The van der Waals surface area contributed by atoms with Crippen molar-refractivity contribution in [2.24, 2.45) is 0 Å². The minimum absolute atomic E-state index is 0.294. The zero-order valence-corrected chi connectivity index (χ0v) is 16.6. The molecule has 4 aromatic rings. The van der Waals surface area contributed by atoms with Gasteiger partial charge in [0.25, 0.3) is 0 Å². The molecule has 146 valence electrons. The second kappa shape index (κ2) is 7.81. The van der Waals surface area contributed by atoms with Crippen LogP contribution >= 0.6 is 11.3 Å². The number of hydrogen-bond acceptors (Lipinski definition) is 7. The van der Waals surface area contributed by atoms with E-state index in [0.717, 1.165) is 11.1 Å². The second-order valence-electron chi connectivity index (χ2n) is 6.21. The van der Waals surface area contributed by atoms with Gasteiger partial charge in [-0.1, -0.05) is 18.2 Å². The van der Waals surface area contributed by atoms with Crippen LogP contribution in [0.2, 0.25) is 0 Å². The van der Waals surface area contributed by atoms with Crippen LogP contribution in [0.4, 0.5) is 11.4 Å². The number of methoxy groups -OCH3 is 1. The van der Waals surface area contributed by atoms with Crippen LogP contribution in [-0.2, 0) is 0 Å². The average molecular weight is 407 g/mol. The predicted molar refractivity (Wildman–Crippen MR) is 113 cm³/mol. The molecule has 7 heteroatoms. The maximum atomic E-state index is 12.4. The fourth-order valence-corrected chi connectivity index (χ4v) is 3.61. The van der Waals surface area contributed by atoms with Crippen LogP contribution in [0.1, 0.15) is 9.67 Å². The zero-order valence-electron chi connectivity index (χ0n) is 15.7. The third kappa shape index (κ3) is 3.72. The Morgan fingerprint density at radius 2 is 1.86 bits per heavy atom. The monoisotopic (exact) mass is 407 g/mol. The van der Waals surface area contributed by atoms with Gasteiger partial charge in [-0.15, -0.1) is 11.3 Å². The Kier molecular flexibility index (Phi) is 5.05. The Labute approximate surface area is 170 Å². The van der Waals surface area contributed by atoms with Crippen LogP contribution in [0.15, 0.2) is 75.3 Å². The number of rotatable bonds is 5. The average Bonchev–Trinajstić information content (AvgIpc) is 3.27. The first-order valence-electron chi connectivity index (χ1n) is 8.77. The van der Waals surface area contributed by atoms with Crippen LogP contribution in [0.5, 0.6) is 11.5 Å². The number of para-hydroxylation sites is 1. The van der Waals surface area contributed by atoms with Gasteiger partial charge in [0.05, 0.1) is 12.8 Å². The lowest BCUT2D eigenvalue weighted by molar-refractivity contribution is 0.0735. The number of carbonyl (C=O) groups excluding carboxylic acids is 1. The Morgan fingerprint density at radius 1 is 1.03 bits per heavy atom. The summed E-state index contributed by atoms with van der Waals surface area (Å²) in [6, 6.07) is 17.5. The summed E-state index contributed by atoms with van der Waals surface area (Å²) < 4.78 is 16.2. The van der Waals surface area contributed by atoms with Crippen molar-refractivity contribution in [3.05, 3.63) is 81.3 Å². The number of anilines is 2. The summed E-state index contributed by atoms with van der Waals surface area (Å²) in [7, 11) is 3.34. The van der Waals surface area contributed by atoms with E-state index in [1.54, 1.807) is 30.3 Å². The van der Waals surface area contributed by atoms with Gasteiger partial charge in [0.2, 0.25) is 0 Å². The van der Waals surface area contributed by atoms with Crippen LogP contribution in [0, 0.1) is 0 Å². The minimum Gasteiger partial charge on any atom is -0.493 e. The molecule has 29 heavy (non-hydrogen) atoms. The van der Waals surface area contributed by atoms with E-state index in [0.29, 0.717) is 27.6 Å². The van der Waals surface area contributed by atoms with Gasteiger partial charge >= 0.3 is 11.6 Å². The molecule has 4 rings (SSSR count). The summed E-state index contributed by atoms with van der Waals surface area (Å²) in [6.45, 7) is 0. The number of thiophene rings is 1. The highest BCUT2D eigenvalue weighted by Crippen LogP contribution is 2.36. The molecule has 0 N–H and O–H groups in total. The minimum atomic E-state index is -0.455. The molecule has 0 saturated carbocycles. The number of hydrogen-bond donors (Lipinski definition) is 0. The number of benzene rings is 2. The van der Waals surface area contributed by atoms with E-state index in [4.69, 9.17) is 13.9 Å². The van der Waals surface area contributed by atoms with Crippen LogP contribution in [-0.4, -0.2) is 20.1 Å². The molecule has 0 amide bonds. The van der Waals surface area contributed by atoms with Crippen molar-refractivity contribution in [1.82, 2.24) is 0 Å². The third-order valence-corrected chi connectivity index (χ3v) is 5.30. The van der Waals surface area contributed by atoms with Crippen molar-refractivity contribution in [3.8, 4) is 11.5 Å². The SMILES string of the molecule is COc1ccc(N(C)c2cc(=O)oc3ccccc23)cc1OC(=O)c1cccs1. The molecule has 0 fully saturated rings. The highest BCUT2D eigenvalue weighted by atomic mass is 32.1. The van der Waals surface area contributed by atoms with Gasteiger partial charge < -0.3 is 18.8 Å². The van der Waals surface area contributed by atoms with E-state index >= 15 is 0 Å². The van der Waals surface area contributed by atoms with Crippen LogP contribution < -0.4 is 20.0 Å². The van der Waals surface area contributed by atoms with E-state index in [9.17, 15) is 9.59 Å². The van der Waals surface area contributed by atoms with E-state index in [-0.39, 0.29) is 0 Å². The topological polar surface area (TPSA) is 69.0 Å². The largest absolute Gasteiger partial charge is 0.493 e. The van der Waals surface area contributed by atoms with Crippen LogP contribution in [0.3, 0.4) is 0 Å². The first-order chi connectivity index (χ1) is 14.1. The molecule has 2 aromatic heterocycles. The molecular weight excluding hydrogens is 390 g/mol. The first kappa shape index (κ1) is 18.8. The fourth-order valence-electron chi connectivity index (χ4n) is 3.01. The molecule has 0 radical (unpaired) electrons. The Balaban J connectivity index is 1.74. The summed E-state index contributed by atoms with van der Waals surface area (Å²) in [5, 5.41) is 2.60. The molecule has 0 atom stereocenters. The second-order valence-corrected chi connectivity index (χ2v) is 7.16. The maximum Gasteiger partial charge on any atom is 0.353 e. The van der Waals surface area contributed by atoms with Crippen molar-refractivity contribution >= 4 is 39.7 Å². The summed E-state index contributed by atoms with van der Waals surface area (Å²) >= 11 is 1.30. The zero-order chi connectivity index (χ0) is 20.4. The molecule has 0 bridgehead atoms. The van der Waals surface area contributed by atoms with Crippen molar-refractivity contribution < 1.29 is 18.7 Å². The lowest BCUT2D eigenvalue weighted by atomic mass is 10.1. The van der Waals surface area contributed by atoms with E-state index in [2.05, 4.69) is 0 Å². The van der Waals surface area contributed by atoms with Crippen molar-refractivity contribution in [2.75, 3.05) is 19.1 Å². The lowest BCUT2D eigenvalue weighted by Gasteiger charge is -2.22. The predicted octanol–water partition coefficient (Wildman–Crippen LogP) is 4.85. The smallest absolute Gasteiger partial charge is 0.353 e. The summed E-state index contributed by atoms with van der Waals surface area (Å²) in [6.07, 6.45) is 0. The standard InChI is InChI=1S/C22H17NO5S/c1-23(16-13-21(24)27-17-7-4-3-6-15(16)17)14-9-10-18(26-2)19(12-14)28-22(25)20-8-5-11-29-20/h3-13H,1-2H3. The third-order valence-electron chi connectivity index (χ3n) is 4.45. The fraction of sp³-hybridized carbons (Fsp3) is 0.0909. The number of esters is 1. The van der Waals surface area contributed by atoms with E-state index < -0.39 is 11.6 Å². The first-order valence-corrected chi connectivity index (χ1v) is 9.65. The molecule has 0 aliphatic heterocycles. The number of carbonyl (C=O) groups is 1. The molecule has 6 nitrogen and oxygen atoms in total. The summed E-state index contributed by atoms with van der Waals surface area (Å²) in [5.74, 6) is 0.274. The maximum absolute atomic E-state index is 12.4. The molecule has 0 spiro atoms. The van der Waals surface area contributed by atoms with Crippen molar-refractivity contribution in [2.45, 2.75) is 0 Å². The van der Waals surface area contributed by atoms with Gasteiger partial charge in [0.1, 0.15) is 10.5 Å². The molecule has 2 aromatic carbocycles.